The minimum absolute atomic E-state index is 0.641. The summed E-state index contributed by atoms with van der Waals surface area (Å²) in [7, 11) is -6.06. The molecule has 0 unspecified atom stereocenters. The van der Waals surface area contributed by atoms with E-state index in [0.717, 1.165) is 36.4 Å². The molecule has 1 fully saturated rings. The van der Waals surface area contributed by atoms with Crippen molar-refractivity contribution in [3.63, 3.8) is 0 Å². The summed E-state index contributed by atoms with van der Waals surface area (Å²) in [4.78, 5) is 0. The molecule has 0 radical (unpaired) electrons. The van der Waals surface area contributed by atoms with E-state index in [0.29, 0.717) is 18.2 Å². The van der Waals surface area contributed by atoms with Gasteiger partial charge in [-0.2, -0.15) is 39.5 Å². The van der Waals surface area contributed by atoms with Gasteiger partial charge in [-0.1, -0.05) is 72.8 Å². The fourth-order valence-electron chi connectivity index (χ4n) is 3.75. The van der Waals surface area contributed by atoms with Gasteiger partial charge in [-0.15, -0.1) is 0 Å². The maximum Gasteiger partial charge on any atom is 0.467 e. The van der Waals surface area contributed by atoms with Crippen LogP contribution in [0.3, 0.4) is 0 Å². The van der Waals surface area contributed by atoms with Crippen LogP contribution in [0.5, 0.6) is 0 Å². The Hall–Kier alpha value is -2.90. The fourth-order valence-corrected chi connectivity index (χ4v) is 3.75. The number of rotatable bonds is 3. The van der Waals surface area contributed by atoms with E-state index >= 15 is 0 Å². The minimum atomic E-state index is -4.92. The molecule has 4 rings (SSSR count). The molecule has 3 aromatic rings. The second-order valence-electron chi connectivity index (χ2n) is 7.66. The molecule has 1 saturated heterocycles. The van der Waals surface area contributed by atoms with Crippen LogP contribution in [0.1, 0.15) is 16.7 Å². The Morgan fingerprint density at radius 1 is 0.389 bits per heavy atom. The van der Waals surface area contributed by atoms with Gasteiger partial charge < -0.3 is 13.7 Å². The highest BCUT2D eigenvalue weighted by Gasteiger charge is 2.50. The number of alkyl halides is 9. The van der Waals surface area contributed by atoms with E-state index in [2.05, 4.69) is 0 Å². The first-order valence-electron chi connectivity index (χ1n) is 10.2. The molecule has 36 heavy (non-hydrogen) atoms. The lowest BCUT2D eigenvalue weighted by Gasteiger charge is -2.33. The third kappa shape index (κ3) is 5.42. The van der Waals surface area contributed by atoms with Crippen LogP contribution in [0, 0.1) is 0 Å². The average molecular weight is 516 g/mol. The van der Waals surface area contributed by atoms with Crippen molar-refractivity contribution in [2.24, 2.45) is 0 Å². The summed E-state index contributed by atoms with van der Waals surface area (Å²) in [5.41, 5.74) is -5.63. The predicted molar refractivity (Wildman–Crippen MR) is 114 cm³/mol. The first-order chi connectivity index (χ1) is 16.8. The summed E-state index contributed by atoms with van der Waals surface area (Å²) in [6, 6.07) is 11.7. The van der Waals surface area contributed by atoms with Crippen LogP contribution in [0.25, 0.3) is 0 Å². The van der Waals surface area contributed by atoms with Gasteiger partial charge in [-0.05, 0) is 16.4 Å². The van der Waals surface area contributed by atoms with E-state index in [9.17, 15) is 39.5 Å². The number of benzene rings is 3. The van der Waals surface area contributed by atoms with E-state index in [1.807, 2.05) is 0 Å². The summed E-state index contributed by atoms with van der Waals surface area (Å²) in [5.74, 6) is 0. The maximum absolute atomic E-state index is 13.6. The minimum Gasteiger partial charge on any atom is -0.445 e. The van der Waals surface area contributed by atoms with Crippen LogP contribution >= 0.6 is 0 Å². The SMILES string of the molecule is FC(F)(F)c1ccccc1B1OB(c2ccccc2C(F)(F)F)OB(c2ccccc2C(F)(F)F)O1. The summed E-state index contributed by atoms with van der Waals surface area (Å²) < 4.78 is 139. The van der Waals surface area contributed by atoms with E-state index in [4.69, 9.17) is 13.7 Å². The molecule has 0 saturated carbocycles. The molecule has 3 nitrogen and oxygen atoms in total. The average Bonchev–Trinajstić information content (AvgIpc) is 2.82. The molecule has 1 aliphatic heterocycles. The van der Waals surface area contributed by atoms with Crippen LogP contribution in [0.15, 0.2) is 72.8 Å². The van der Waals surface area contributed by atoms with E-state index in [1.54, 1.807) is 0 Å². The Morgan fingerprint density at radius 2 is 0.611 bits per heavy atom. The van der Waals surface area contributed by atoms with Gasteiger partial charge in [-0.25, -0.2) is 0 Å². The molecule has 0 amide bonds. The molecule has 0 atom stereocenters. The number of hydrogen-bond donors (Lipinski definition) is 0. The van der Waals surface area contributed by atoms with Crippen molar-refractivity contribution in [2.45, 2.75) is 18.5 Å². The van der Waals surface area contributed by atoms with E-state index in [-0.39, 0.29) is 0 Å². The lowest BCUT2D eigenvalue weighted by molar-refractivity contribution is -0.137. The van der Waals surface area contributed by atoms with E-state index in [1.165, 1.54) is 18.2 Å². The Morgan fingerprint density at radius 3 is 0.833 bits per heavy atom. The van der Waals surface area contributed by atoms with Crippen LogP contribution in [-0.2, 0) is 32.2 Å². The predicted octanol–water partition coefficient (Wildman–Crippen LogP) is 4.29. The van der Waals surface area contributed by atoms with Crippen molar-refractivity contribution in [1.82, 2.24) is 0 Å². The molecule has 15 heteroatoms. The molecule has 0 spiro atoms. The molecule has 0 aromatic heterocycles. The fraction of sp³-hybridized carbons (Fsp3) is 0.143. The first kappa shape index (κ1) is 26.2. The molecular formula is C21H12B3F9O3. The lowest BCUT2D eigenvalue weighted by atomic mass is 9.59. The number of hydrogen-bond acceptors (Lipinski definition) is 3. The van der Waals surface area contributed by atoms with Crippen LogP contribution in [0.4, 0.5) is 39.5 Å². The maximum atomic E-state index is 13.6. The van der Waals surface area contributed by atoms with Crippen LogP contribution in [-0.4, -0.2) is 21.4 Å². The van der Waals surface area contributed by atoms with Gasteiger partial charge in [-0.3, -0.25) is 0 Å². The molecular weight excluding hydrogens is 504 g/mol. The second kappa shape index (κ2) is 9.53. The summed E-state index contributed by atoms with van der Waals surface area (Å²) in [5, 5.41) is 0. The topological polar surface area (TPSA) is 27.7 Å². The highest BCUT2D eigenvalue weighted by atomic mass is 19.4. The van der Waals surface area contributed by atoms with Gasteiger partial charge in [0.2, 0.25) is 0 Å². The van der Waals surface area contributed by atoms with Crippen molar-refractivity contribution in [1.29, 1.82) is 0 Å². The molecule has 0 aliphatic carbocycles. The van der Waals surface area contributed by atoms with E-state index < -0.39 is 73.0 Å². The van der Waals surface area contributed by atoms with Gasteiger partial charge in [0.25, 0.3) is 0 Å². The number of halogens is 9. The lowest BCUT2D eigenvalue weighted by Crippen LogP contribution is -2.63. The van der Waals surface area contributed by atoms with Gasteiger partial charge >= 0.3 is 39.9 Å². The monoisotopic (exact) mass is 516 g/mol. The summed E-state index contributed by atoms with van der Waals surface area (Å²) in [6.45, 7) is 0. The molecule has 186 valence electrons. The largest absolute Gasteiger partial charge is 0.467 e. The molecule has 0 N–H and O–H groups in total. The zero-order chi connectivity index (χ0) is 26.3. The highest BCUT2D eigenvalue weighted by molar-refractivity contribution is 6.87. The Balaban J connectivity index is 1.86. The first-order valence-corrected chi connectivity index (χ1v) is 10.2. The van der Waals surface area contributed by atoms with Crippen molar-refractivity contribution in [3.05, 3.63) is 89.5 Å². The highest BCUT2D eigenvalue weighted by Crippen LogP contribution is 2.32. The van der Waals surface area contributed by atoms with Gasteiger partial charge in [0, 0.05) is 0 Å². The smallest absolute Gasteiger partial charge is 0.445 e. The van der Waals surface area contributed by atoms with Gasteiger partial charge in [0.1, 0.15) is 0 Å². The standard InChI is InChI=1S/C21H12B3F9O3/c25-19(26,27)13-7-1-4-10-16(13)22-34-23(17-11-5-2-8-14(17)20(28,29)30)36-24(35-22)18-12-6-3-9-15(18)21(31,32)33/h1-12H. The van der Waals surface area contributed by atoms with Crippen molar-refractivity contribution < 1.29 is 53.2 Å². The zero-order valence-electron chi connectivity index (χ0n) is 17.8. The third-order valence-electron chi connectivity index (χ3n) is 5.30. The molecule has 0 bridgehead atoms. The molecule has 1 heterocycles. The Kier molecular flexibility index (Phi) is 6.93. The quantitative estimate of drug-likeness (QED) is 0.385. The van der Waals surface area contributed by atoms with Crippen LogP contribution < -0.4 is 16.4 Å². The Bertz CT molecular complexity index is 1070. The van der Waals surface area contributed by atoms with Crippen molar-refractivity contribution in [2.75, 3.05) is 0 Å². The zero-order valence-corrected chi connectivity index (χ0v) is 17.8. The normalized spacial score (nSPS) is 15.4. The third-order valence-corrected chi connectivity index (χ3v) is 5.30. The van der Waals surface area contributed by atoms with Gasteiger partial charge in [0.15, 0.2) is 0 Å². The molecule has 1 aliphatic rings. The van der Waals surface area contributed by atoms with Gasteiger partial charge in [0.05, 0.1) is 16.7 Å². The summed E-state index contributed by atoms with van der Waals surface area (Å²) >= 11 is 0. The Labute approximate surface area is 199 Å². The summed E-state index contributed by atoms with van der Waals surface area (Å²) in [6.07, 6.45) is -14.7. The van der Waals surface area contributed by atoms with Crippen LogP contribution in [0.2, 0.25) is 0 Å². The molecule has 3 aromatic carbocycles. The van der Waals surface area contributed by atoms with Crippen molar-refractivity contribution >= 4 is 37.7 Å². The van der Waals surface area contributed by atoms with Crippen molar-refractivity contribution in [3.8, 4) is 0 Å². The second-order valence-corrected chi connectivity index (χ2v) is 7.66.